The van der Waals surface area contributed by atoms with Gasteiger partial charge in [-0.25, -0.2) is 8.42 Å². The van der Waals surface area contributed by atoms with Crippen molar-refractivity contribution in [3.63, 3.8) is 0 Å². The Morgan fingerprint density at radius 3 is 2.46 bits per heavy atom. The second kappa shape index (κ2) is 7.83. The van der Waals surface area contributed by atoms with Gasteiger partial charge >= 0.3 is 0 Å². The Kier molecular flexibility index (Phi) is 5.65. The third kappa shape index (κ3) is 3.99. The van der Waals surface area contributed by atoms with Gasteiger partial charge in [-0.2, -0.15) is 0 Å². The van der Waals surface area contributed by atoms with Gasteiger partial charge in [0.2, 0.25) is 0 Å². The van der Waals surface area contributed by atoms with E-state index in [1.807, 2.05) is 33.8 Å². The van der Waals surface area contributed by atoms with Crippen LogP contribution in [0.4, 0.5) is 5.69 Å². The molecule has 0 saturated heterocycles. The van der Waals surface area contributed by atoms with Crippen molar-refractivity contribution in [1.29, 1.82) is 0 Å². The quantitative estimate of drug-likeness (QED) is 0.834. The molecule has 1 aliphatic rings. The maximum absolute atomic E-state index is 13.3. The Bertz CT molecular complexity index is 958. The fourth-order valence-electron chi connectivity index (χ4n) is 2.93. The van der Waals surface area contributed by atoms with Gasteiger partial charge in [0.15, 0.2) is 6.10 Å². The zero-order chi connectivity index (χ0) is 20.5. The average molecular weight is 403 g/mol. The highest BCUT2D eigenvalue weighted by atomic mass is 32.2. The Balaban J connectivity index is 1.99. The molecular weight excluding hydrogens is 376 g/mol. The molecule has 1 heterocycles. The molecule has 0 radical (unpaired) electrons. The molecule has 2 atom stereocenters. The molecule has 1 N–H and O–H groups in total. The number of hydrogen-bond donors (Lipinski definition) is 1. The van der Waals surface area contributed by atoms with Crippen LogP contribution in [0.2, 0.25) is 0 Å². The molecule has 0 aromatic heterocycles. The van der Waals surface area contributed by atoms with Crippen LogP contribution in [-0.4, -0.2) is 33.0 Å². The summed E-state index contributed by atoms with van der Waals surface area (Å²) in [5.41, 5.74) is 1.36. The standard InChI is InChI=1S/C21H26N2O4S/c1-14(2)16(4)22-21(24)20-13-23(18-11-10-15(3)12-19(18)27-20)28(25,26)17-8-6-5-7-9-17/h5-12,14,16,20H,13H2,1-4H3,(H,22,24)/t16-,20+/m0/s1. The highest BCUT2D eigenvalue weighted by Crippen LogP contribution is 2.37. The molecule has 3 rings (SSSR count). The number of ether oxygens (including phenoxy) is 1. The monoisotopic (exact) mass is 402 g/mol. The summed E-state index contributed by atoms with van der Waals surface area (Å²) in [5.74, 6) is 0.330. The molecule has 0 unspecified atom stereocenters. The number of anilines is 1. The molecule has 28 heavy (non-hydrogen) atoms. The first kappa shape index (κ1) is 20.2. The minimum atomic E-state index is -3.83. The predicted molar refractivity (Wildman–Crippen MR) is 109 cm³/mol. The number of fused-ring (bicyclic) bond motifs is 1. The van der Waals surface area contributed by atoms with Crippen LogP contribution in [0.1, 0.15) is 26.3 Å². The van der Waals surface area contributed by atoms with Crippen molar-refractivity contribution in [1.82, 2.24) is 5.32 Å². The fourth-order valence-corrected chi connectivity index (χ4v) is 4.43. The van der Waals surface area contributed by atoms with Crippen LogP contribution in [0.15, 0.2) is 53.4 Å². The first-order valence-electron chi connectivity index (χ1n) is 9.35. The van der Waals surface area contributed by atoms with Gasteiger partial charge in [0.1, 0.15) is 5.75 Å². The number of rotatable bonds is 5. The van der Waals surface area contributed by atoms with Crippen molar-refractivity contribution in [3.05, 3.63) is 54.1 Å². The summed E-state index contributed by atoms with van der Waals surface area (Å²) in [6, 6.07) is 13.5. The molecule has 0 bridgehead atoms. The molecule has 7 heteroatoms. The Morgan fingerprint density at radius 2 is 1.82 bits per heavy atom. The molecule has 6 nitrogen and oxygen atoms in total. The van der Waals surface area contributed by atoms with E-state index in [1.165, 1.54) is 4.31 Å². The van der Waals surface area contributed by atoms with E-state index in [1.54, 1.807) is 42.5 Å². The first-order chi connectivity index (χ1) is 13.2. The number of carbonyl (C=O) groups excluding carboxylic acids is 1. The molecular formula is C21H26N2O4S. The van der Waals surface area contributed by atoms with E-state index in [2.05, 4.69) is 5.32 Å². The number of aryl methyl sites for hydroxylation is 1. The van der Waals surface area contributed by atoms with E-state index in [9.17, 15) is 13.2 Å². The molecule has 1 amide bonds. The van der Waals surface area contributed by atoms with Crippen molar-refractivity contribution in [2.75, 3.05) is 10.8 Å². The summed E-state index contributed by atoms with van der Waals surface area (Å²) in [6.45, 7) is 7.76. The van der Waals surface area contributed by atoms with Gasteiger partial charge in [0.05, 0.1) is 17.1 Å². The van der Waals surface area contributed by atoms with E-state index in [4.69, 9.17) is 4.74 Å². The van der Waals surface area contributed by atoms with Crippen LogP contribution in [0.3, 0.4) is 0 Å². The molecule has 0 spiro atoms. The third-order valence-electron chi connectivity index (χ3n) is 4.98. The Hall–Kier alpha value is -2.54. The summed E-state index contributed by atoms with van der Waals surface area (Å²) < 4.78 is 33.7. The number of nitrogens with zero attached hydrogens (tertiary/aromatic N) is 1. The van der Waals surface area contributed by atoms with Crippen molar-refractivity contribution < 1.29 is 17.9 Å². The number of hydrogen-bond acceptors (Lipinski definition) is 4. The topological polar surface area (TPSA) is 75.7 Å². The van der Waals surface area contributed by atoms with Crippen LogP contribution >= 0.6 is 0 Å². The van der Waals surface area contributed by atoms with E-state index in [0.717, 1.165) is 5.56 Å². The maximum Gasteiger partial charge on any atom is 0.264 e. The lowest BCUT2D eigenvalue weighted by molar-refractivity contribution is -0.128. The summed E-state index contributed by atoms with van der Waals surface area (Å²) in [4.78, 5) is 12.9. The number of benzene rings is 2. The summed E-state index contributed by atoms with van der Waals surface area (Å²) in [6.07, 6.45) is -0.922. The van der Waals surface area contributed by atoms with Gasteiger partial charge in [-0.3, -0.25) is 9.10 Å². The second-order valence-corrected chi connectivity index (χ2v) is 9.33. The maximum atomic E-state index is 13.3. The van der Waals surface area contributed by atoms with Gasteiger partial charge in [-0.15, -0.1) is 0 Å². The first-order valence-corrected chi connectivity index (χ1v) is 10.8. The Labute approximate surface area is 166 Å². The van der Waals surface area contributed by atoms with E-state index in [0.29, 0.717) is 11.4 Å². The van der Waals surface area contributed by atoms with Gasteiger partial charge in [0.25, 0.3) is 15.9 Å². The zero-order valence-corrected chi connectivity index (χ0v) is 17.4. The molecule has 0 aliphatic carbocycles. The number of amides is 1. The summed E-state index contributed by atoms with van der Waals surface area (Å²) in [5, 5.41) is 2.92. The van der Waals surface area contributed by atoms with Crippen molar-refractivity contribution in [3.8, 4) is 5.75 Å². The minimum absolute atomic E-state index is 0.0470. The van der Waals surface area contributed by atoms with Gasteiger partial charge in [0, 0.05) is 6.04 Å². The van der Waals surface area contributed by atoms with E-state index in [-0.39, 0.29) is 29.3 Å². The van der Waals surface area contributed by atoms with Crippen LogP contribution in [0.5, 0.6) is 5.75 Å². The third-order valence-corrected chi connectivity index (χ3v) is 6.77. The minimum Gasteiger partial charge on any atom is -0.476 e. The normalized spacial score (nSPS) is 17.6. The molecule has 2 aromatic rings. The smallest absolute Gasteiger partial charge is 0.264 e. The van der Waals surface area contributed by atoms with Crippen molar-refractivity contribution in [2.45, 2.75) is 44.7 Å². The predicted octanol–water partition coefficient (Wildman–Crippen LogP) is 3.11. The molecule has 0 fully saturated rings. The van der Waals surface area contributed by atoms with Gasteiger partial charge < -0.3 is 10.1 Å². The molecule has 0 saturated carbocycles. The highest BCUT2D eigenvalue weighted by molar-refractivity contribution is 7.92. The fraction of sp³-hybridized carbons (Fsp3) is 0.381. The van der Waals surface area contributed by atoms with E-state index < -0.39 is 16.1 Å². The lowest BCUT2D eigenvalue weighted by Gasteiger charge is -2.35. The van der Waals surface area contributed by atoms with Crippen LogP contribution in [0.25, 0.3) is 0 Å². The lowest BCUT2D eigenvalue weighted by atomic mass is 10.1. The lowest BCUT2D eigenvalue weighted by Crippen LogP contribution is -2.52. The summed E-state index contributed by atoms with van der Waals surface area (Å²) >= 11 is 0. The summed E-state index contributed by atoms with van der Waals surface area (Å²) in [7, 11) is -3.83. The largest absolute Gasteiger partial charge is 0.476 e. The molecule has 150 valence electrons. The van der Waals surface area contributed by atoms with Crippen LogP contribution in [-0.2, 0) is 14.8 Å². The van der Waals surface area contributed by atoms with Gasteiger partial charge in [-0.05, 0) is 49.6 Å². The number of carbonyl (C=O) groups is 1. The Morgan fingerprint density at radius 1 is 1.14 bits per heavy atom. The highest BCUT2D eigenvalue weighted by Gasteiger charge is 2.37. The zero-order valence-electron chi connectivity index (χ0n) is 16.5. The van der Waals surface area contributed by atoms with Crippen LogP contribution < -0.4 is 14.4 Å². The average Bonchev–Trinajstić information content (AvgIpc) is 2.67. The SMILES string of the molecule is Cc1ccc2c(c1)O[C@@H](C(=O)N[C@@H](C)C(C)C)CN2S(=O)(=O)c1ccccc1. The van der Waals surface area contributed by atoms with Crippen LogP contribution in [0, 0.1) is 12.8 Å². The second-order valence-electron chi connectivity index (χ2n) is 7.47. The van der Waals surface area contributed by atoms with Crippen molar-refractivity contribution >= 4 is 21.6 Å². The number of nitrogens with one attached hydrogen (secondary N) is 1. The van der Waals surface area contributed by atoms with E-state index >= 15 is 0 Å². The molecule has 1 aliphatic heterocycles. The molecule has 2 aromatic carbocycles. The number of sulfonamides is 1. The van der Waals surface area contributed by atoms with Gasteiger partial charge in [-0.1, -0.05) is 38.1 Å². The van der Waals surface area contributed by atoms with Crippen molar-refractivity contribution in [2.24, 2.45) is 5.92 Å².